The summed E-state index contributed by atoms with van der Waals surface area (Å²) < 4.78 is 15.7. The predicted molar refractivity (Wildman–Crippen MR) is 105 cm³/mol. The van der Waals surface area contributed by atoms with E-state index >= 15 is 0 Å². The number of aryl methyl sites for hydroxylation is 1. The minimum Gasteiger partial charge on any atom is -0.319 e. The molecule has 0 spiro atoms. The Hall–Kier alpha value is -3.20. The SMILES string of the molecule is CCc1c(C=CC=O)c(-c2ccc(F)cc2)c2c3ccccc3ccn12. The number of hydrogen-bond donors (Lipinski definition) is 0. The molecule has 0 bridgehead atoms. The molecule has 26 heavy (non-hydrogen) atoms. The highest BCUT2D eigenvalue weighted by Gasteiger charge is 2.18. The van der Waals surface area contributed by atoms with Gasteiger partial charge in [0.2, 0.25) is 0 Å². The van der Waals surface area contributed by atoms with Crippen molar-refractivity contribution in [1.82, 2.24) is 4.40 Å². The van der Waals surface area contributed by atoms with Crippen molar-refractivity contribution in [3.05, 3.63) is 83.9 Å². The fourth-order valence-electron chi connectivity index (χ4n) is 3.68. The zero-order valence-corrected chi connectivity index (χ0v) is 14.4. The van der Waals surface area contributed by atoms with Crippen molar-refractivity contribution in [1.29, 1.82) is 0 Å². The van der Waals surface area contributed by atoms with Crippen molar-refractivity contribution >= 4 is 28.7 Å². The van der Waals surface area contributed by atoms with Gasteiger partial charge in [-0.1, -0.05) is 43.3 Å². The fraction of sp³-hybridized carbons (Fsp3) is 0.0870. The molecule has 2 aromatic heterocycles. The van der Waals surface area contributed by atoms with Crippen LogP contribution in [-0.4, -0.2) is 10.7 Å². The first-order valence-corrected chi connectivity index (χ1v) is 8.67. The molecule has 0 atom stereocenters. The number of hydrogen-bond acceptors (Lipinski definition) is 1. The first-order valence-electron chi connectivity index (χ1n) is 8.67. The maximum Gasteiger partial charge on any atom is 0.142 e. The Morgan fingerprint density at radius 3 is 2.54 bits per heavy atom. The summed E-state index contributed by atoms with van der Waals surface area (Å²) >= 11 is 0. The number of benzene rings is 2. The first kappa shape index (κ1) is 16.3. The summed E-state index contributed by atoms with van der Waals surface area (Å²) in [5.74, 6) is -0.261. The van der Waals surface area contributed by atoms with Gasteiger partial charge in [0, 0.05) is 28.4 Å². The van der Waals surface area contributed by atoms with Crippen LogP contribution in [0, 0.1) is 5.82 Å². The van der Waals surface area contributed by atoms with Gasteiger partial charge in [0.25, 0.3) is 0 Å². The minimum absolute atomic E-state index is 0.261. The topological polar surface area (TPSA) is 21.5 Å². The number of rotatable bonds is 4. The third-order valence-corrected chi connectivity index (χ3v) is 4.78. The second-order valence-electron chi connectivity index (χ2n) is 6.21. The second kappa shape index (κ2) is 6.60. The molecule has 2 aromatic carbocycles. The van der Waals surface area contributed by atoms with E-state index in [2.05, 4.69) is 35.7 Å². The minimum atomic E-state index is -0.261. The molecule has 0 fully saturated rings. The standard InChI is InChI=1S/C23H18FNO/c1-2-21-20(8-5-15-26)22(17-9-11-18(24)12-10-17)23-19-7-4-3-6-16(19)13-14-25(21)23/h3-15H,2H2,1H3. The van der Waals surface area contributed by atoms with E-state index in [1.165, 1.54) is 18.2 Å². The molecule has 4 aromatic rings. The molecule has 2 heterocycles. The molecule has 4 rings (SSSR count). The second-order valence-corrected chi connectivity index (χ2v) is 6.21. The van der Waals surface area contributed by atoms with E-state index in [1.807, 2.05) is 18.2 Å². The van der Waals surface area contributed by atoms with Crippen LogP contribution in [0.5, 0.6) is 0 Å². The molecule has 0 N–H and O–H groups in total. The Labute approximate surface area is 151 Å². The molecule has 0 aliphatic carbocycles. The van der Waals surface area contributed by atoms with Crippen molar-refractivity contribution in [3.63, 3.8) is 0 Å². The molecule has 0 aliphatic heterocycles. The van der Waals surface area contributed by atoms with Gasteiger partial charge < -0.3 is 4.40 Å². The molecular weight excluding hydrogens is 325 g/mol. The van der Waals surface area contributed by atoms with E-state index in [0.29, 0.717) is 0 Å². The number of allylic oxidation sites excluding steroid dienone is 1. The van der Waals surface area contributed by atoms with Crippen molar-refractivity contribution in [2.45, 2.75) is 13.3 Å². The predicted octanol–water partition coefficient (Wildman–Crippen LogP) is 5.67. The number of carbonyl (C=O) groups excluding carboxylic acids is 1. The highest BCUT2D eigenvalue weighted by atomic mass is 19.1. The Kier molecular flexibility index (Phi) is 4.13. The lowest BCUT2D eigenvalue weighted by Crippen LogP contribution is -1.92. The Morgan fingerprint density at radius 2 is 1.81 bits per heavy atom. The molecule has 3 heteroatoms. The Balaban J connectivity index is 2.20. The van der Waals surface area contributed by atoms with Gasteiger partial charge in [0.1, 0.15) is 12.1 Å². The smallest absolute Gasteiger partial charge is 0.142 e. The van der Waals surface area contributed by atoms with Crippen molar-refractivity contribution < 1.29 is 9.18 Å². The molecule has 128 valence electrons. The quantitative estimate of drug-likeness (QED) is 0.345. The molecule has 0 unspecified atom stereocenters. The third-order valence-electron chi connectivity index (χ3n) is 4.78. The van der Waals surface area contributed by atoms with E-state index in [4.69, 9.17) is 0 Å². The van der Waals surface area contributed by atoms with Gasteiger partial charge >= 0.3 is 0 Å². The summed E-state index contributed by atoms with van der Waals surface area (Å²) in [6, 6.07) is 16.9. The molecule has 0 aliphatic rings. The molecular formula is C23H18FNO. The maximum absolute atomic E-state index is 13.5. The highest BCUT2D eigenvalue weighted by molar-refractivity contribution is 6.06. The normalized spacial score (nSPS) is 11.6. The summed E-state index contributed by atoms with van der Waals surface area (Å²) in [7, 11) is 0. The zero-order chi connectivity index (χ0) is 18.1. The van der Waals surface area contributed by atoms with Crippen LogP contribution in [0.4, 0.5) is 4.39 Å². The van der Waals surface area contributed by atoms with Crippen LogP contribution in [0.3, 0.4) is 0 Å². The Morgan fingerprint density at radius 1 is 1.04 bits per heavy atom. The maximum atomic E-state index is 13.5. The lowest BCUT2D eigenvalue weighted by molar-refractivity contribution is -0.104. The largest absolute Gasteiger partial charge is 0.319 e. The summed E-state index contributed by atoms with van der Waals surface area (Å²) in [5, 5.41) is 2.28. The number of halogens is 1. The van der Waals surface area contributed by atoms with Gasteiger partial charge in [-0.3, -0.25) is 4.79 Å². The number of fused-ring (bicyclic) bond motifs is 3. The van der Waals surface area contributed by atoms with Crippen molar-refractivity contribution in [3.8, 4) is 11.1 Å². The van der Waals surface area contributed by atoms with Gasteiger partial charge in [-0.2, -0.15) is 0 Å². The summed E-state index contributed by atoms with van der Waals surface area (Å²) in [6.07, 6.45) is 7.05. The third kappa shape index (κ3) is 2.53. The van der Waals surface area contributed by atoms with Crippen LogP contribution in [0.2, 0.25) is 0 Å². The number of pyridine rings is 1. The molecule has 0 saturated carbocycles. The van der Waals surface area contributed by atoms with E-state index in [0.717, 1.165) is 51.4 Å². The van der Waals surface area contributed by atoms with Crippen molar-refractivity contribution in [2.75, 3.05) is 0 Å². The average Bonchev–Trinajstić information content (AvgIpc) is 3.00. The van der Waals surface area contributed by atoms with E-state index < -0.39 is 0 Å². The van der Waals surface area contributed by atoms with Gasteiger partial charge in [-0.15, -0.1) is 0 Å². The summed E-state index contributed by atoms with van der Waals surface area (Å²) in [4.78, 5) is 11.0. The van der Waals surface area contributed by atoms with E-state index in [-0.39, 0.29) is 5.82 Å². The van der Waals surface area contributed by atoms with Gasteiger partial charge in [0.05, 0.1) is 5.52 Å². The van der Waals surface area contributed by atoms with Gasteiger partial charge in [-0.05, 0) is 47.7 Å². The van der Waals surface area contributed by atoms with Gasteiger partial charge in [-0.25, -0.2) is 4.39 Å². The summed E-state index contributed by atoms with van der Waals surface area (Å²) in [5.41, 5.74) is 5.17. The number of aldehydes is 1. The van der Waals surface area contributed by atoms with Crippen molar-refractivity contribution in [2.24, 2.45) is 0 Å². The van der Waals surface area contributed by atoms with Gasteiger partial charge in [0.15, 0.2) is 0 Å². The number of nitrogens with zero attached hydrogens (tertiary/aromatic N) is 1. The average molecular weight is 343 g/mol. The van der Waals surface area contributed by atoms with E-state index in [1.54, 1.807) is 12.1 Å². The molecule has 2 nitrogen and oxygen atoms in total. The van der Waals surface area contributed by atoms with Crippen LogP contribution < -0.4 is 0 Å². The highest BCUT2D eigenvalue weighted by Crippen LogP contribution is 2.38. The molecule has 0 amide bonds. The number of carbonyl (C=O) groups is 1. The monoisotopic (exact) mass is 343 g/mol. The first-order chi connectivity index (χ1) is 12.7. The molecule has 0 saturated heterocycles. The molecule has 0 radical (unpaired) electrons. The van der Waals surface area contributed by atoms with Crippen LogP contribution in [0.1, 0.15) is 18.2 Å². The van der Waals surface area contributed by atoms with Crippen LogP contribution in [0.25, 0.3) is 33.5 Å². The van der Waals surface area contributed by atoms with E-state index in [9.17, 15) is 9.18 Å². The fourth-order valence-corrected chi connectivity index (χ4v) is 3.68. The lowest BCUT2D eigenvalue weighted by Gasteiger charge is -2.06. The zero-order valence-electron chi connectivity index (χ0n) is 14.4. The number of aromatic nitrogens is 1. The lowest BCUT2D eigenvalue weighted by atomic mass is 9.98. The van der Waals surface area contributed by atoms with Crippen LogP contribution >= 0.6 is 0 Å². The van der Waals surface area contributed by atoms with Crippen LogP contribution in [0.15, 0.2) is 66.9 Å². The summed E-state index contributed by atoms with van der Waals surface area (Å²) in [6.45, 7) is 2.10. The Bertz CT molecular complexity index is 1140. The van der Waals surface area contributed by atoms with Crippen LogP contribution in [-0.2, 0) is 11.2 Å².